The van der Waals surface area contributed by atoms with Crippen LogP contribution in [0.4, 0.5) is 0 Å². The summed E-state index contributed by atoms with van der Waals surface area (Å²) in [5.41, 5.74) is 3.20. The molecule has 0 unspecified atom stereocenters. The molecule has 1 aliphatic rings. The molecule has 3 aromatic rings. The molecule has 1 fully saturated rings. The summed E-state index contributed by atoms with van der Waals surface area (Å²) in [5, 5.41) is 12.5. The number of amides is 1. The lowest BCUT2D eigenvalue weighted by atomic mass is 9.93. The fourth-order valence-electron chi connectivity index (χ4n) is 3.42. The number of ether oxygens (including phenoxy) is 1. The predicted molar refractivity (Wildman–Crippen MR) is 99.0 cm³/mol. The Morgan fingerprint density at radius 2 is 2.00 bits per heavy atom. The molecule has 0 saturated carbocycles. The fraction of sp³-hybridized carbons (Fsp3) is 0.368. The van der Waals surface area contributed by atoms with Gasteiger partial charge in [-0.25, -0.2) is 4.68 Å². The number of benzene rings is 1. The summed E-state index contributed by atoms with van der Waals surface area (Å²) < 4.78 is 8.66. The number of aromatic nitrogens is 5. The number of hydrogen-bond donors (Lipinski definition) is 0. The highest BCUT2D eigenvalue weighted by molar-refractivity contribution is 5.93. The van der Waals surface area contributed by atoms with Crippen molar-refractivity contribution in [3.63, 3.8) is 0 Å². The minimum absolute atomic E-state index is 0.0605. The smallest absolute Gasteiger partial charge is 0.276 e. The topological polar surface area (TPSA) is 78.1 Å². The second-order valence-electron chi connectivity index (χ2n) is 6.94. The van der Waals surface area contributed by atoms with Crippen molar-refractivity contribution in [3.05, 3.63) is 53.6 Å². The zero-order valence-electron chi connectivity index (χ0n) is 15.7. The van der Waals surface area contributed by atoms with Crippen molar-refractivity contribution in [3.8, 4) is 11.4 Å². The third kappa shape index (κ3) is 3.30. The van der Waals surface area contributed by atoms with Crippen molar-refractivity contribution in [2.24, 2.45) is 13.0 Å². The molecule has 8 heteroatoms. The number of hydrogen-bond acceptors (Lipinski definition) is 5. The van der Waals surface area contributed by atoms with Crippen molar-refractivity contribution >= 4 is 5.91 Å². The lowest BCUT2D eigenvalue weighted by Crippen LogP contribution is -2.51. The molecule has 1 amide bonds. The van der Waals surface area contributed by atoms with Crippen molar-refractivity contribution in [1.29, 1.82) is 0 Å². The van der Waals surface area contributed by atoms with Gasteiger partial charge in [0.25, 0.3) is 5.91 Å². The van der Waals surface area contributed by atoms with Crippen LogP contribution < -0.4 is 4.74 Å². The van der Waals surface area contributed by atoms with E-state index in [4.69, 9.17) is 4.74 Å². The third-order valence-electron chi connectivity index (χ3n) is 4.94. The molecule has 0 radical (unpaired) electrons. The summed E-state index contributed by atoms with van der Waals surface area (Å²) in [5.74, 6) is 1.18. The van der Waals surface area contributed by atoms with Gasteiger partial charge in [-0.3, -0.25) is 9.48 Å². The molecule has 0 aliphatic carbocycles. The van der Waals surface area contributed by atoms with Crippen molar-refractivity contribution in [2.75, 3.05) is 20.2 Å². The van der Waals surface area contributed by atoms with Crippen LogP contribution in [0.3, 0.4) is 0 Å². The average molecular weight is 366 g/mol. The molecule has 27 heavy (non-hydrogen) atoms. The second kappa shape index (κ2) is 6.86. The first-order chi connectivity index (χ1) is 13.0. The Hall–Kier alpha value is -3.16. The highest BCUT2D eigenvalue weighted by Crippen LogP contribution is 2.23. The van der Waals surface area contributed by atoms with Gasteiger partial charge in [-0.2, -0.15) is 5.10 Å². The largest absolute Gasteiger partial charge is 0.497 e. The Balaban J connectivity index is 1.42. The Morgan fingerprint density at radius 3 is 2.63 bits per heavy atom. The number of likely N-dealkylation sites (tertiary alicyclic amines) is 1. The van der Waals surface area contributed by atoms with Gasteiger partial charge in [0.05, 0.1) is 24.7 Å². The first kappa shape index (κ1) is 17.3. The van der Waals surface area contributed by atoms with Gasteiger partial charge in [-0.15, -0.1) is 5.10 Å². The molecule has 140 valence electrons. The van der Waals surface area contributed by atoms with Crippen LogP contribution in [-0.4, -0.2) is 55.8 Å². The number of rotatable bonds is 5. The van der Waals surface area contributed by atoms with E-state index in [9.17, 15) is 4.79 Å². The molecule has 0 atom stereocenters. The molecule has 0 spiro atoms. The van der Waals surface area contributed by atoms with Crippen LogP contribution in [0.5, 0.6) is 5.75 Å². The summed E-state index contributed by atoms with van der Waals surface area (Å²) >= 11 is 0. The Bertz CT molecular complexity index is 953. The minimum Gasteiger partial charge on any atom is -0.497 e. The molecule has 0 N–H and O–H groups in total. The highest BCUT2D eigenvalue weighted by atomic mass is 16.5. The fourth-order valence-corrected chi connectivity index (χ4v) is 3.42. The maximum Gasteiger partial charge on any atom is 0.276 e. The van der Waals surface area contributed by atoms with E-state index in [0.717, 1.165) is 36.6 Å². The molecule has 3 heterocycles. The van der Waals surface area contributed by atoms with Gasteiger partial charge < -0.3 is 9.64 Å². The first-order valence-electron chi connectivity index (χ1n) is 8.88. The van der Waals surface area contributed by atoms with Gasteiger partial charge in [0, 0.05) is 26.3 Å². The third-order valence-corrected chi connectivity index (χ3v) is 4.94. The van der Waals surface area contributed by atoms with Crippen LogP contribution in [-0.2, 0) is 13.5 Å². The summed E-state index contributed by atoms with van der Waals surface area (Å²) in [6.07, 6.45) is 4.85. The molecule has 4 rings (SSSR count). The Morgan fingerprint density at radius 1 is 1.26 bits per heavy atom. The lowest BCUT2D eigenvalue weighted by molar-refractivity contribution is 0.0494. The van der Waals surface area contributed by atoms with E-state index in [1.807, 2.05) is 55.5 Å². The zero-order valence-corrected chi connectivity index (χ0v) is 15.7. The Labute approximate surface area is 157 Å². The number of aryl methyl sites for hydroxylation is 1. The van der Waals surface area contributed by atoms with Crippen LogP contribution in [0, 0.1) is 12.8 Å². The summed E-state index contributed by atoms with van der Waals surface area (Å²) in [4.78, 5) is 14.6. The average Bonchev–Trinajstić information content (AvgIpc) is 3.23. The van der Waals surface area contributed by atoms with Gasteiger partial charge in [0.1, 0.15) is 5.75 Å². The van der Waals surface area contributed by atoms with Gasteiger partial charge in [-0.1, -0.05) is 5.21 Å². The number of nitrogens with zero attached hydrogens (tertiary/aromatic N) is 6. The number of carbonyl (C=O) groups is 1. The predicted octanol–water partition coefficient (Wildman–Crippen LogP) is 1.63. The van der Waals surface area contributed by atoms with E-state index >= 15 is 0 Å². The van der Waals surface area contributed by atoms with Crippen LogP contribution >= 0.6 is 0 Å². The molecule has 0 bridgehead atoms. The number of carbonyl (C=O) groups excluding carboxylic acids is 1. The first-order valence-corrected chi connectivity index (χ1v) is 8.88. The monoisotopic (exact) mass is 366 g/mol. The SMILES string of the molecule is COc1ccc(-n2nnc(C(=O)N3CC(Cc4cnn(C)c4)C3)c2C)cc1. The maximum absolute atomic E-state index is 12.8. The van der Waals surface area contributed by atoms with E-state index in [1.54, 1.807) is 16.5 Å². The highest BCUT2D eigenvalue weighted by Gasteiger charge is 2.33. The number of methoxy groups -OCH3 is 1. The molecule has 2 aromatic heterocycles. The van der Waals surface area contributed by atoms with Gasteiger partial charge >= 0.3 is 0 Å². The van der Waals surface area contributed by atoms with Crippen molar-refractivity contribution in [2.45, 2.75) is 13.3 Å². The van der Waals surface area contributed by atoms with Crippen LogP contribution in [0.25, 0.3) is 5.69 Å². The second-order valence-corrected chi connectivity index (χ2v) is 6.94. The van der Waals surface area contributed by atoms with Crippen molar-refractivity contribution < 1.29 is 9.53 Å². The molecule has 1 saturated heterocycles. The standard InChI is InChI=1S/C19H22N6O2/c1-13-18(21-22-25(13)16-4-6-17(27-3)7-5-16)19(26)24-11-15(12-24)8-14-9-20-23(2)10-14/h4-7,9-10,15H,8,11-12H2,1-3H3. The summed E-state index contributed by atoms with van der Waals surface area (Å²) in [7, 11) is 3.54. The van der Waals surface area contributed by atoms with Gasteiger partial charge in [0.15, 0.2) is 5.69 Å². The van der Waals surface area contributed by atoms with Gasteiger partial charge in [0.2, 0.25) is 0 Å². The minimum atomic E-state index is -0.0605. The van der Waals surface area contributed by atoms with Crippen LogP contribution in [0.2, 0.25) is 0 Å². The Kier molecular flexibility index (Phi) is 4.39. The van der Waals surface area contributed by atoms with E-state index < -0.39 is 0 Å². The van der Waals surface area contributed by atoms with E-state index in [1.165, 1.54) is 5.56 Å². The normalized spacial score (nSPS) is 14.3. The molecule has 1 aromatic carbocycles. The van der Waals surface area contributed by atoms with Crippen LogP contribution in [0.15, 0.2) is 36.7 Å². The van der Waals surface area contributed by atoms with E-state index in [2.05, 4.69) is 15.4 Å². The molecule has 1 aliphatic heterocycles. The van der Waals surface area contributed by atoms with Gasteiger partial charge in [-0.05, 0) is 49.1 Å². The van der Waals surface area contributed by atoms with Crippen molar-refractivity contribution in [1.82, 2.24) is 29.7 Å². The summed E-state index contributed by atoms with van der Waals surface area (Å²) in [6.45, 7) is 3.34. The quantitative estimate of drug-likeness (QED) is 0.686. The van der Waals surface area contributed by atoms with E-state index in [-0.39, 0.29) is 5.91 Å². The molecular weight excluding hydrogens is 344 g/mol. The van der Waals surface area contributed by atoms with E-state index in [0.29, 0.717) is 11.6 Å². The van der Waals surface area contributed by atoms with Crippen LogP contribution in [0.1, 0.15) is 21.7 Å². The lowest BCUT2D eigenvalue weighted by Gasteiger charge is -2.38. The zero-order chi connectivity index (χ0) is 19.0. The summed E-state index contributed by atoms with van der Waals surface area (Å²) in [6, 6.07) is 7.50. The molecular formula is C19H22N6O2. The maximum atomic E-state index is 12.8. The molecule has 8 nitrogen and oxygen atoms in total.